The van der Waals surface area contributed by atoms with Crippen molar-refractivity contribution in [3.05, 3.63) is 54.1 Å². The minimum absolute atomic E-state index is 0.129. The number of para-hydroxylation sites is 2. The number of nitrogens with zero attached hydrogens (tertiary/aromatic N) is 4. The summed E-state index contributed by atoms with van der Waals surface area (Å²) in [6.45, 7) is 1.44. The number of piperidine rings is 1. The SMILES string of the molecule is N#Cc1ccc(NC(=O)N2CCCC(Cc3nc4ccccc4[nH]3)C2)cn1. The van der Waals surface area contributed by atoms with Crippen LogP contribution < -0.4 is 5.32 Å². The van der Waals surface area contributed by atoms with Gasteiger partial charge in [0.15, 0.2) is 0 Å². The van der Waals surface area contributed by atoms with Crippen molar-refractivity contribution >= 4 is 22.8 Å². The van der Waals surface area contributed by atoms with E-state index in [1.54, 1.807) is 12.1 Å². The fraction of sp³-hybridized carbons (Fsp3) is 0.300. The number of aromatic nitrogens is 3. The Hall–Kier alpha value is -3.40. The number of amides is 2. The Bertz CT molecular complexity index is 955. The number of hydrogen-bond acceptors (Lipinski definition) is 4. The molecule has 4 rings (SSSR count). The second kappa shape index (κ2) is 7.46. The third-order valence-corrected chi connectivity index (χ3v) is 4.86. The van der Waals surface area contributed by atoms with Crippen molar-refractivity contribution in [3.63, 3.8) is 0 Å². The smallest absolute Gasteiger partial charge is 0.321 e. The van der Waals surface area contributed by atoms with E-state index in [9.17, 15) is 4.79 Å². The summed E-state index contributed by atoms with van der Waals surface area (Å²) in [4.78, 5) is 26.4. The van der Waals surface area contributed by atoms with Crippen LogP contribution in [-0.2, 0) is 6.42 Å². The first-order valence-corrected chi connectivity index (χ1v) is 9.07. The zero-order valence-electron chi connectivity index (χ0n) is 14.9. The second-order valence-electron chi connectivity index (χ2n) is 6.83. The van der Waals surface area contributed by atoms with Crippen LogP contribution in [0.15, 0.2) is 42.6 Å². The number of fused-ring (bicyclic) bond motifs is 1. The molecule has 0 radical (unpaired) electrons. The number of benzene rings is 1. The van der Waals surface area contributed by atoms with E-state index in [-0.39, 0.29) is 6.03 Å². The average molecular weight is 360 g/mol. The van der Waals surface area contributed by atoms with Crippen LogP contribution in [0, 0.1) is 17.2 Å². The predicted octanol–water partition coefficient (Wildman–Crippen LogP) is 3.32. The molecule has 2 N–H and O–H groups in total. The summed E-state index contributed by atoms with van der Waals surface area (Å²) >= 11 is 0. The lowest BCUT2D eigenvalue weighted by molar-refractivity contribution is 0.176. The van der Waals surface area contributed by atoms with Crippen LogP contribution in [0.25, 0.3) is 11.0 Å². The number of urea groups is 1. The number of carbonyl (C=O) groups is 1. The molecule has 0 spiro atoms. The van der Waals surface area contributed by atoms with Gasteiger partial charge in [0, 0.05) is 19.5 Å². The molecule has 3 aromatic rings. The van der Waals surface area contributed by atoms with Gasteiger partial charge in [-0.1, -0.05) is 12.1 Å². The van der Waals surface area contributed by atoms with Crippen molar-refractivity contribution in [3.8, 4) is 6.07 Å². The normalized spacial score (nSPS) is 16.9. The van der Waals surface area contributed by atoms with E-state index in [0.717, 1.165) is 42.7 Å². The van der Waals surface area contributed by atoms with Crippen LogP contribution in [0.4, 0.5) is 10.5 Å². The Kier molecular flexibility index (Phi) is 4.71. The van der Waals surface area contributed by atoms with E-state index in [1.165, 1.54) is 6.20 Å². The van der Waals surface area contributed by atoms with Gasteiger partial charge in [0.05, 0.1) is 22.9 Å². The highest BCUT2D eigenvalue weighted by Crippen LogP contribution is 2.22. The number of pyridine rings is 1. The van der Waals surface area contributed by atoms with Crippen molar-refractivity contribution < 1.29 is 4.79 Å². The summed E-state index contributed by atoms with van der Waals surface area (Å²) in [5.74, 6) is 1.35. The molecule has 1 aromatic carbocycles. The van der Waals surface area contributed by atoms with E-state index in [4.69, 9.17) is 5.26 Å². The van der Waals surface area contributed by atoms with Crippen molar-refractivity contribution in [2.75, 3.05) is 18.4 Å². The van der Waals surface area contributed by atoms with E-state index >= 15 is 0 Å². The molecule has 136 valence electrons. The first-order chi connectivity index (χ1) is 13.2. The van der Waals surface area contributed by atoms with Gasteiger partial charge in [0.1, 0.15) is 17.6 Å². The number of imidazole rings is 1. The van der Waals surface area contributed by atoms with Gasteiger partial charge in [-0.25, -0.2) is 14.8 Å². The van der Waals surface area contributed by atoms with E-state index in [1.807, 2.05) is 35.2 Å². The molecule has 0 saturated carbocycles. The van der Waals surface area contributed by atoms with Crippen molar-refractivity contribution in [1.29, 1.82) is 5.26 Å². The summed E-state index contributed by atoms with van der Waals surface area (Å²) in [7, 11) is 0. The molecule has 1 aliphatic heterocycles. The second-order valence-corrected chi connectivity index (χ2v) is 6.83. The quantitative estimate of drug-likeness (QED) is 0.748. The molecule has 3 heterocycles. The van der Waals surface area contributed by atoms with Crippen LogP contribution in [0.1, 0.15) is 24.4 Å². The van der Waals surface area contributed by atoms with Gasteiger partial charge in [0.25, 0.3) is 0 Å². The van der Waals surface area contributed by atoms with Crippen molar-refractivity contribution in [2.45, 2.75) is 19.3 Å². The van der Waals surface area contributed by atoms with Gasteiger partial charge in [0.2, 0.25) is 0 Å². The number of rotatable bonds is 3. The fourth-order valence-electron chi connectivity index (χ4n) is 3.53. The van der Waals surface area contributed by atoms with E-state index < -0.39 is 0 Å². The first-order valence-electron chi connectivity index (χ1n) is 9.07. The highest BCUT2D eigenvalue weighted by Gasteiger charge is 2.24. The molecular weight excluding hydrogens is 340 g/mol. The minimum Gasteiger partial charge on any atom is -0.342 e. The summed E-state index contributed by atoms with van der Waals surface area (Å²) in [5.41, 5.74) is 2.95. The van der Waals surface area contributed by atoms with Gasteiger partial charge in [-0.2, -0.15) is 5.26 Å². The molecule has 2 aromatic heterocycles. The van der Waals surface area contributed by atoms with Crippen LogP contribution >= 0.6 is 0 Å². The maximum Gasteiger partial charge on any atom is 0.321 e. The average Bonchev–Trinajstić information content (AvgIpc) is 3.11. The summed E-state index contributed by atoms with van der Waals surface area (Å²) in [6.07, 6.45) is 4.40. The molecule has 2 amide bonds. The Labute approximate surface area is 157 Å². The zero-order valence-corrected chi connectivity index (χ0v) is 14.9. The van der Waals surface area contributed by atoms with Gasteiger partial charge >= 0.3 is 6.03 Å². The maximum absolute atomic E-state index is 12.6. The topological polar surface area (TPSA) is 97.7 Å². The van der Waals surface area contributed by atoms with Gasteiger partial charge in [-0.05, 0) is 43.0 Å². The number of nitrogens with one attached hydrogen (secondary N) is 2. The van der Waals surface area contributed by atoms with Gasteiger partial charge in [-0.15, -0.1) is 0 Å². The third kappa shape index (κ3) is 3.90. The molecule has 1 saturated heterocycles. The predicted molar refractivity (Wildman–Crippen MR) is 102 cm³/mol. The number of hydrogen-bond donors (Lipinski definition) is 2. The lowest BCUT2D eigenvalue weighted by atomic mass is 9.95. The van der Waals surface area contributed by atoms with Crippen LogP contribution in [0.5, 0.6) is 0 Å². The third-order valence-electron chi connectivity index (χ3n) is 4.86. The van der Waals surface area contributed by atoms with Crippen LogP contribution in [0.3, 0.4) is 0 Å². The molecule has 1 aliphatic rings. The Morgan fingerprint density at radius 1 is 1.33 bits per heavy atom. The molecule has 0 bridgehead atoms. The molecule has 1 atom stereocenters. The Balaban J connectivity index is 1.38. The van der Waals surface area contributed by atoms with E-state index in [2.05, 4.69) is 20.3 Å². The lowest BCUT2D eigenvalue weighted by Crippen LogP contribution is -2.42. The summed E-state index contributed by atoms with van der Waals surface area (Å²) < 4.78 is 0. The number of carbonyl (C=O) groups excluding carboxylic acids is 1. The Morgan fingerprint density at radius 3 is 3.00 bits per heavy atom. The highest BCUT2D eigenvalue weighted by molar-refractivity contribution is 5.89. The van der Waals surface area contributed by atoms with Gasteiger partial charge in [-0.3, -0.25) is 0 Å². The molecule has 1 fully saturated rings. The van der Waals surface area contributed by atoms with Crippen molar-refractivity contribution in [2.24, 2.45) is 5.92 Å². The monoisotopic (exact) mass is 360 g/mol. The van der Waals surface area contributed by atoms with E-state index in [0.29, 0.717) is 23.8 Å². The molecule has 7 nitrogen and oxygen atoms in total. The molecule has 27 heavy (non-hydrogen) atoms. The number of anilines is 1. The molecule has 0 aliphatic carbocycles. The van der Waals surface area contributed by atoms with Crippen molar-refractivity contribution in [1.82, 2.24) is 19.9 Å². The standard InChI is InChI=1S/C20H20N6O/c21-11-15-7-8-16(12-22-15)23-20(27)26-9-3-4-14(13-26)10-19-24-17-5-1-2-6-18(17)25-19/h1-2,5-8,12,14H,3-4,9-10,13H2,(H,23,27)(H,24,25). The number of nitriles is 1. The maximum atomic E-state index is 12.6. The molecule has 7 heteroatoms. The highest BCUT2D eigenvalue weighted by atomic mass is 16.2. The summed E-state index contributed by atoms with van der Waals surface area (Å²) in [6, 6.07) is 13.1. The zero-order chi connectivity index (χ0) is 18.6. The van der Waals surface area contributed by atoms with Gasteiger partial charge < -0.3 is 15.2 Å². The number of H-pyrrole nitrogens is 1. The Morgan fingerprint density at radius 2 is 2.22 bits per heavy atom. The number of aromatic amines is 1. The largest absolute Gasteiger partial charge is 0.342 e. The summed E-state index contributed by atoms with van der Waals surface area (Å²) in [5, 5.41) is 11.7. The molecule has 1 unspecified atom stereocenters. The minimum atomic E-state index is -0.129. The lowest BCUT2D eigenvalue weighted by Gasteiger charge is -2.32. The van der Waals surface area contributed by atoms with Crippen LogP contribution in [0.2, 0.25) is 0 Å². The van der Waals surface area contributed by atoms with Crippen LogP contribution in [-0.4, -0.2) is 39.0 Å². The fourth-order valence-corrected chi connectivity index (χ4v) is 3.53. The number of likely N-dealkylation sites (tertiary alicyclic amines) is 1. The first kappa shape index (κ1) is 17.0. The molecular formula is C20H20N6O.